The fraction of sp³-hybridized carbons (Fsp3) is 0.308. The van der Waals surface area contributed by atoms with E-state index in [1.54, 1.807) is 48.4 Å². The predicted molar refractivity (Wildman–Crippen MR) is 80.2 cm³/mol. The van der Waals surface area contributed by atoms with Gasteiger partial charge in [0.15, 0.2) is 0 Å². The fourth-order valence-corrected chi connectivity index (χ4v) is 2.54. The van der Waals surface area contributed by atoms with Gasteiger partial charge in [-0.2, -0.15) is 5.10 Å². The molecule has 0 spiro atoms. The number of rotatable bonds is 7. The van der Waals surface area contributed by atoms with Gasteiger partial charge < -0.3 is 10.5 Å². The first-order chi connectivity index (χ1) is 9.94. The van der Waals surface area contributed by atoms with Crippen molar-refractivity contribution in [3.8, 4) is 5.75 Å². The maximum absolute atomic E-state index is 11.8. The Bertz CT molecular complexity index is 697. The molecular formula is C13H18N4O3S. The van der Waals surface area contributed by atoms with Crippen LogP contribution >= 0.6 is 0 Å². The molecular weight excluding hydrogens is 292 g/mol. The maximum atomic E-state index is 11.8. The van der Waals surface area contributed by atoms with Crippen LogP contribution in [-0.2, 0) is 23.6 Å². The second-order valence-electron chi connectivity index (χ2n) is 4.58. The van der Waals surface area contributed by atoms with Gasteiger partial charge in [-0.05, 0) is 12.1 Å². The molecule has 0 bridgehead atoms. The molecule has 0 unspecified atom stereocenters. The van der Waals surface area contributed by atoms with E-state index in [0.29, 0.717) is 11.4 Å². The van der Waals surface area contributed by atoms with Gasteiger partial charge in [0.25, 0.3) is 0 Å². The molecule has 2 aromatic rings. The summed E-state index contributed by atoms with van der Waals surface area (Å²) < 4.78 is 33.1. The van der Waals surface area contributed by atoms with Crippen molar-refractivity contribution in [1.29, 1.82) is 0 Å². The van der Waals surface area contributed by atoms with Crippen molar-refractivity contribution in [1.82, 2.24) is 14.5 Å². The Morgan fingerprint density at radius 2 is 2.24 bits per heavy atom. The van der Waals surface area contributed by atoms with Gasteiger partial charge in [0.2, 0.25) is 10.0 Å². The zero-order chi connectivity index (χ0) is 15.3. The molecule has 1 heterocycles. The lowest BCUT2D eigenvalue weighted by Gasteiger charge is -2.08. The Labute approximate surface area is 123 Å². The van der Waals surface area contributed by atoms with Crippen LogP contribution in [0.15, 0.2) is 36.7 Å². The zero-order valence-corrected chi connectivity index (χ0v) is 12.5. The number of hydrogen-bond donors (Lipinski definition) is 2. The Kier molecular flexibility index (Phi) is 4.81. The largest absolute Gasteiger partial charge is 0.492 e. The van der Waals surface area contributed by atoms with E-state index < -0.39 is 10.0 Å². The smallest absolute Gasteiger partial charge is 0.215 e. The molecule has 0 saturated heterocycles. The third kappa shape index (κ3) is 5.09. The van der Waals surface area contributed by atoms with Crippen LogP contribution < -0.4 is 15.2 Å². The number of nitrogens with zero attached hydrogens (tertiary/aromatic N) is 2. The number of nitrogen functional groups attached to an aromatic ring is 1. The van der Waals surface area contributed by atoms with Crippen molar-refractivity contribution in [2.24, 2.45) is 7.05 Å². The molecule has 21 heavy (non-hydrogen) atoms. The number of aromatic nitrogens is 2. The molecule has 0 amide bonds. The minimum Gasteiger partial charge on any atom is -0.492 e. The van der Waals surface area contributed by atoms with E-state index in [0.717, 1.165) is 5.56 Å². The molecule has 0 fully saturated rings. The van der Waals surface area contributed by atoms with Crippen LogP contribution in [0.5, 0.6) is 5.75 Å². The Hall–Kier alpha value is -2.06. The normalized spacial score (nSPS) is 11.5. The highest BCUT2D eigenvalue weighted by atomic mass is 32.2. The highest BCUT2D eigenvalue weighted by Gasteiger charge is 2.11. The molecule has 7 nitrogen and oxygen atoms in total. The van der Waals surface area contributed by atoms with Crippen molar-refractivity contribution in [2.75, 3.05) is 18.1 Å². The van der Waals surface area contributed by atoms with Gasteiger partial charge in [-0.15, -0.1) is 0 Å². The van der Waals surface area contributed by atoms with Gasteiger partial charge in [0, 0.05) is 37.1 Å². The van der Waals surface area contributed by atoms with E-state index in [4.69, 9.17) is 10.5 Å². The molecule has 3 N–H and O–H groups in total. The van der Waals surface area contributed by atoms with Crippen molar-refractivity contribution in [3.63, 3.8) is 0 Å². The van der Waals surface area contributed by atoms with Gasteiger partial charge in [0.05, 0.1) is 11.9 Å². The quantitative estimate of drug-likeness (QED) is 0.726. The number of anilines is 1. The molecule has 1 aromatic carbocycles. The fourth-order valence-electron chi connectivity index (χ4n) is 1.70. The predicted octanol–water partition coefficient (Wildman–Crippen LogP) is 0.501. The second-order valence-corrected chi connectivity index (χ2v) is 6.51. The lowest BCUT2D eigenvalue weighted by molar-refractivity contribution is 0.340. The Morgan fingerprint density at radius 3 is 2.90 bits per heavy atom. The molecule has 2 rings (SSSR count). The van der Waals surface area contributed by atoms with E-state index in [9.17, 15) is 8.42 Å². The first kappa shape index (κ1) is 15.3. The summed E-state index contributed by atoms with van der Waals surface area (Å²) in [5.41, 5.74) is 6.99. The number of sulfonamides is 1. The number of nitrogens with two attached hydrogens (primary N) is 1. The molecule has 0 atom stereocenters. The molecule has 1 aromatic heterocycles. The summed E-state index contributed by atoms with van der Waals surface area (Å²) in [6.07, 6.45) is 3.37. The highest BCUT2D eigenvalue weighted by Crippen LogP contribution is 2.14. The highest BCUT2D eigenvalue weighted by molar-refractivity contribution is 7.89. The van der Waals surface area contributed by atoms with Crippen molar-refractivity contribution in [3.05, 3.63) is 42.2 Å². The minimum absolute atomic E-state index is 0.0613. The third-order valence-corrected chi connectivity index (χ3v) is 4.02. The third-order valence-electron chi connectivity index (χ3n) is 2.73. The summed E-state index contributed by atoms with van der Waals surface area (Å²) >= 11 is 0. The van der Waals surface area contributed by atoms with Crippen LogP contribution in [0.4, 0.5) is 5.69 Å². The number of nitrogens with one attached hydrogen (secondary N) is 1. The standard InChI is InChI=1S/C13H18N4O3S/c1-17-10-11(8-15-17)9-16-21(18,19)6-5-20-13-4-2-3-12(14)7-13/h2-4,7-8,10,16H,5-6,9,14H2,1H3. The van der Waals surface area contributed by atoms with Crippen LogP contribution in [0.3, 0.4) is 0 Å². The van der Waals surface area contributed by atoms with Crippen LogP contribution in [-0.4, -0.2) is 30.6 Å². The van der Waals surface area contributed by atoms with Crippen LogP contribution in [0.2, 0.25) is 0 Å². The van der Waals surface area contributed by atoms with Gasteiger partial charge >= 0.3 is 0 Å². The molecule has 0 radical (unpaired) electrons. The SMILES string of the molecule is Cn1cc(CNS(=O)(=O)CCOc2cccc(N)c2)cn1. The van der Waals surface area contributed by atoms with Crippen LogP contribution in [0, 0.1) is 0 Å². The zero-order valence-electron chi connectivity index (χ0n) is 11.7. The summed E-state index contributed by atoms with van der Waals surface area (Å²) in [5.74, 6) is 0.430. The van der Waals surface area contributed by atoms with Crippen molar-refractivity contribution >= 4 is 15.7 Å². The summed E-state index contributed by atoms with van der Waals surface area (Å²) in [7, 11) is -1.62. The van der Waals surface area contributed by atoms with E-state index in [1.165, 1.54) is 0 Å². The number of benzene rings is 1. The lowest BCUT2D eigenvalue weighted by atomic mass is 10.3. The first-order valence-corrected chi connectivity index (χ1v) is 8.03. The topological polar surface area (TPSA) is 99.2 Å². The van der Waals surface area contributed by atoms with Crippen molar-refractivity contribution < 1.29 is 13.2 Å². The average molecular weight is 310 g/mol. The van der Waals surface area contributed by atoms with Gasteiger partial charge in [0.1, 0.15) is 12.4 Å². The number of hydrogen-bond acceptors (Lipinski definition) is 5. The van der Waals surface area contributed by atoms with E-state index in [-0.39, 0.29) is 18.9 Å². The van der Waals surface area contributed by atoms with E-state index >= 15 is 0 Å². The van der Waals surface area contributed by atoms with Crippen LogP contribution in [0.25, 0.3) is 0 Å². The molecule has 0 aliphatic heterocycles. The van der Waals surface area contributed by atoms with Gasteiger partial charge in [-0.1, -0.05) is 6.07 Å². The summed E-state index contributed by atoms with van der Waals surface area (Å²) in [6, 6.07) is 6.86. The maximum Gasteiger partial charge on any atom is 0.215 e. The molecule has 0 saturated carbocycles. The second kappa shape index (κ2) is 6.59. The Morgan fingerprint density at radius 1 is 1.43 bits per heavy atom. The van der Waals surface area contributed by atoms with Crippen LogP contribution in [0.1, 0.15) is 5.56 Å². The monoisotopic (exact) mass is 310 g/mol. The number of aryl methyl sites for hydroxylation is 1. The molecule has 0 aliphatic carbocycles. The summed E-state index contributed by atoms with van der Waals surface area (Å²) in [5, 5.41) is 3.97. The molecule has 8 heteroatoms. The lowest BCUT2D eigenvalue weighted by Crippen LogP contribution is -2.28. The van der Waals surface area contributed by atoms with E-state index in [2.05, 4.69) is 9.82 Å². The van der Waals surface area contributed by atoms with E-state index in [1.807, 2.05) is 0 Å². The first-order valence-electron chi connectivity index (χ1n) is 6.38. The number of ether oxygens (including phenoxy) is 1. The van der Waals surface area contributed by atoms with Crippen molar-refractivity contribution in [2.45, 2.75) is 6.54 Å². The summed E-state index contributed by atoms with van der Waals surface area (Å²) in [4.78, 5) is 0. The average Bonchev–Trinajstić information content (AvgIpc) is 2.82. The van der Waals surface area contributed by atoms with Gasteiger partial charge in [-0.3, -0.25) is 4.68 Å². The summed E-state index contributed by atoms with van der Waals surface area (Å²) in [6.45, 7) is 0.278. The molecule has 114 valence electrons. The minimum atomic E-state index is -3.39. The molecule has 0 aliphatic rings. The Balaban J connectivity index is 1.78. The van der Waals surface area contributed by atoms with Gasteiger partial charge in [-0.25, -0.2) is 13.1 Å².